The van der Waals surface area contributed by atoms with Gasteiger partial charge in [-0.25, -0.2) is 4.98 Å². The molecule has 5 nitrogen and oxygen atoms in total. The molecule has 1 aromatic heterocycles. The summed E-state index contributed by atoms with van der Waals surface area (Å²) in [7, 11) is 1.83. The van der Waals surface area contributed by atoms with E-state index >= 15 is 0 Å². The van der Waals surface area contributed by atoms with Crippen LogP contribution in [0.4, 0.5) is 5.82 Å². The van der Waals surface area contributed by atoms with Crippen molar-refractivity contribution in [2.24, 2.45) is 0 Å². The number of ether oxygens (including phenoxy) is 2. The third-order valence-electron chi connectivity index (χ3n) is 2.94. The number of aromatic nitrogens is 2. The van der Waals surface area contributed by atoms with Gasteiger partial charge in [0.05, 0.1) is 6.61 Å². The van der Waals surface area contributed by atoms with Gasteiger partial charge in [-0.2, -0.15) is 4.98 Å². The topological polar surface area (TPSA) is 56.3 Å². The van der Waals surface area contributed by atoms with Crippen LogP contribution in [0.5, 0.6) is 5.88 Å². The van der Waals surface area contributed by atoms with E-state index in [2.05, 4.69) is 22.2 Å². The third kappa shape index (κ3) is 6.70. The summed E-state index contributed by atoms with van der Waals surface area (Å²) in [5.74, 6) is 2.03. The van der Waals surface area contributed by atoms with Crippen molar-refractivity contribution in [2.75, 3.05) is 25.6 Å². The fourth-order valence-electron chi connectivity index (χ4n) is 1.82. The summed E-state index contributed by atoms with van der Waals surface area (Å²) in [4.78, 5) is 8.69. The van der Waals surface area contributed by atoms with Gasteiger partial charge < -0.3 is 14.8 Å². The Labute approximate surface area is 122 Å². The van der Waals surface area contributed by atoms with Gasteiger partial charge in [0.15, 0.2) is 5.82 Å². The second-order valence-corrected chi connectivity index (χ2v) is 4.66. The van der Waals surface area contributed by atoms with Gasteiger partial charge in [-0.15, -0.1) is 0 Å². The molecule has 0 atom stereocenters. The molecule has 0 aliphatic heterocycles. The second-order valence-electron chi connectivity index (χ2n) is 4.66. The first-order chi connectivity index (χ1) is 9.80. The summed E-state index contributed by atoms with van der Waals surface area (Å²) in [5.41, 5.74) is 0. The average molecular weight is 281 g/mol. The molecule has 1 heterocycles. The van der Waals surface area contributed by atoms with E-state index in [0.29, 0.717) is 31.5 Å². The van der Waals surface area contributed by atoms with E-state index in [4.69, 9.17) is 9.47 Å². The Kier molecular flexibility index (Phi) is 8.71. The molecule has 0 spiro atoms. The molecule has 5 heteroatoms. The van der Waals surface area contributed by atoms with Crippen LogP contribution in [0.3, 0.4) is 0 Å². The number of nitrogens with zero attached hydrogens (tertiary/aromatic N) is 2. The normalized spacial score (nSPS) is 10.6. The summed E-state index contributed by atoms with van der Waals surface area (Å²) < 4.78 is 11.0. The van der Waals surface area contributed by atoms with E-state index in [1.54, 1.807) is 0 Å². The molecule has 0 bridgehead atoms. The molecule has 0 saturated heterocycles. The minimum absolute atomic E-state index is 0.416. The van der Waals surface area contributed by atoms with Gasteiger partial charge in [0.1, 0.15) is 12.4 Å². The molecule has 0 aliphatic carbocycles. The average Bonchev–Trinajstić information content (AvgIpc) is 2.48. The first-order valence-electron chi connectivity index (χ1n) is 7.56. The number of unbranched alkanes of at least 4 members (excludes halogenated alkanes) is 4. The van der Waals surface area contributed by atoms with E-state index < -0.39 is 0 Å². The number of hydrogen-bond acceptors (Lipinski definition) is 5. The minimum Gasteiger partial charge on any atom is -0.478 e. The molecule has 0 aromatic carbocycles. The number of hydrogen-bond donors (Lipinski definition) is 1. The third-order valence-corrected chi connectivity index (χ3v) is 2.94. The highest BCUT2D eigenvalue weighted by molar-refractivity contribution is 5.37. The zero-order chi connectivity index (χ0) is 14.6. The maximum Gasteiger partial charge on any atom is 0.218 e. The van der Waals surface area contributed by atoms with Crippen LogP contribution in [-0.4, -0.2) is 30.2 Å². The van der Waals surface area contributed by atoms with Crippen LogP contribution in [0.2, 0.25) is 0 Å². The smallest absolute Gasteiger partial charge is 0.218 e. The lowest BCUT2D eigenvalue weighted by molar-refractivity contribution is 0.127. The molecule has 0 fully saturated rings. The lowest BCUT2D eigenvalue weighted by Crippen LogP contribution is -2.06. The largest absolute Gasteiger partial charge is 0.478 e. The van der Waals surface area contributed by atoms with Crippen molar-refractivity contribution in [3.63, 3.8) is 0 Å². The highest BCUT2D eigenvalue weighted by atomic mass is 16.5. The molecule has 1 N–H and O–H groups in total. The second kappa shape index (κ2) is 10.4. The highest BCUT2D eigenvalue weighted by Gasteiger charge is 2.05. The summed E-state index contributed by atoms with van der Waals surface area (Å²) in [5, 5.41) is 3.02. The lowest BCUT2D eigenvalue weighted by Gasteiger charge is -2.09. The van der Waals surface area contributed by atoms with Crippen LogP contribution in [0, 0.1) is 0 Å². The van der Waals surface area contributed by atoms with Crippen molar-refractivity contribution in [3.05, 3.63) is 11.9 Å². The van der Waals surface area contributed by atoms with Crippen LogP contribution < -0.4 is 10.1 Å². The first kappa shape index (κ1) is 16.7. The van der Waals surface area contributed by atoms with E-state index in [-0.39, 0.29) is 0 Å². The van der Waals surface area contributed by atoms with E-state index in [0.717, 1.165) is 12.2 Å². The first-order valence-corrected chi connectivity index (χ1v) is 7.56. The minimum atomic E-state index is 0.416. The quantitative estimate of drug-likeness (QED) is 0.630. The fraction of sp³-hybridized carbons (Fsp3) is 0.733. The lowest BCUT2D eigenvalue weighted by atomic mass is 10.2. The van der Waals surface area contributed by atoms with Crippen LogP contribution in [-0.2, 0) is 11.3 Å². The summed E-state index contributed by atoms with van der Waals surface area (Å²) >= 11 is 0. The molecule has 1 rings (SSSR count). The predicted octanol–water partition coefficient (Wildman–Crippen LogP) is 3.40. The SMILES string of the molecule is CCCCCCCOc1cc(NC)nc(COCC)n1. The van der Waals surface area contributed by atoms with Gasteiger partial charge >= 0.3 is 0 Å². The summed E-state index contributed by atoms with van der Waals surface area (Å²) in [6, 6.07) is 1.82. The Bertz CT molecular complexity index is 372. The predicted molar refractivity (Wildman–Crippen MR) is 81.2 cm³/mol. The van der Waals surface area contributed by atoms with Crippen LogP contribution in [0.15, 0.2) is 6.07 Å². The Morgan fingerprint density at radius 3 is 2.60 bits per heavy atom. The summed E-state index contributed by atoms with van der Waals surface area (Å²) in [6.45, 7) is 5.95. The van der Waals surface area contributed by atoms with Crippen LogP contribution >= 0.6 is 0 Å². The van der Waals surface area contributed by atoms with Gasteiger partial charge in [-0.1, -0.05) is 32.6 Å². The van der Waals surface area contributed by atoms with Crippen LogP contribution in [0.25, 0.3) is 0 Å². The van der Waals surface area contributed by atoms with Gasteiger partial charge in [-0.3, -0.25) is 0 Å². The van der Waals surface area contributed by atoms with E-state index in [1.165, 1.54) is 25.7 Å². The molecule has 0 saturated carbocycles. The highest BCUT2D eigenvalue weighted by Crippen LogP contribution is 2.14. The van der Waals surface area contributed by atoms with Crippen molar-refractivity contribution in [3.8, 4) is 5.88 Å². The molecule has 0 aliphatic rings. The zero-order valence-corrected chi connectivity index (χ0v) is 12.9. The Morgan fingerprint density at radius 1 is 1.10 bits per heavy atom. The van der Waals surface area contributed by atoms with E-state index in [9.17, 15) is 0 Å². The van der Waals surface area contributed by atoms with Gasteiger partial charge in [0.25, 0.3) is 0 Å². The molecular weight excluding hydrogens is 254 g/mol. The monoisotopic (exact) mass is 281 g/mol. The molecule has 114 valence electrons. The molecule has 0 amide bonds. The van der Waals surface area contributed by atoms with Crippen molar-refractivity contribution >= 4 is 5.82 Å². The number of nitrogens with one attached hydrogen (secondary N) is 1. The number of anilines is 1. The molecule has 20 heavy (non-hydrogen) atoms. The molecule has 0 unspecified atom stereocenters. The zero-order valence-electron chi connectivity index (χ0n) is 12.9. The number of rotatable bonds is 11. The van der Waals surface area contributed by atoms with Crippen molar-refractivity contribution < 1.29 is 9.47 Å². The van der Waals surface area contributed by atoms with Gasteiger partial charge in [0.2, 0.25) is 5.88 Å². The Balaban J connectivity index is 2.42. The Morgan fingerprint density at radius 2 is 1.90 bits per heavy atom. The Hall–Kier alpha value is -1.36. The van der Waals surface area contributed by atoms with Gasteiger partial charge in [0, 0.05) is 19.7 Å². The molecule has 1 aromatic rings. The van der Waals surface area contributed by atoms with Gasteiger partial charge in [-0.05, 0) is 13.3 Å². The standard InChI is InChI=1S/C15H27N3O2/c1-4-6-7-8-9-10-20-15-11-13(16-3)17-14(18-15)12-19-5-2/h11H,4-10,12H2,1-3H3,(H,16,17,18). The fourth-order valence-corrected chi connectivity index (χ4v) is 1.82. The summed E-state index contributed by atoms with van der Waals surface area (Å²) in [6.07, 6.45) is 6.12. The maximum atomic E-state index is 5.70. The van der Waals surface area contributed by atoms with Crippen molar-refractivity contribution in [1.29, 1.82) is 0 Å². The van der Waals surface area contributed by atoms with Crippen molar-refractivity contribution in [2.45, 2.75) is 52.6 Å². The molecular formula is C15H27N3O2. The van der Waals surface area contributed by atoms with Crippen molar-refractivity contribution in [1.82, 2.24) is 9.97 Å². The van der Waals surface area contributed by atoms with Crippen LogP contribution in [0.1, 0.15) is 51.8 Å². The molecule has 0 radical (unpaired) electrons. The maximum absolute atomic E-state index is 5.70. The van der Waals surface area contributed by atoms with E-state index in [1.807, 2.05) is 20.0 Å².